The lowest BCUT2D eigenvalue weighted by Crippen LogP contribution is -2.51. The van der Waals surface area contributed by atoms with E-state index in [0.717, 1.165) is 43.7 Å². The molecule has 5 heteroatoms. The Morgan fingerprint density at radius 1 is 1.27 bits per heavy atom. The second-order valence-corrected chi connectivity index (χ2v) is 6.81. The van der Waals surface area contributed by atoms with Crippen LogP contribution in [0.3, 0.4) is 0 Å². The standard InChI is InChI=1S/C17H24ClN3O/c1-13-2-5-15(18)10-16(13)20-6-8-21(9-7-20)17(22)12-19-11-14-3-4-14/h2,5,10,14,19H,3-4,6-9,11-12H2,1H3. The minimum absolute atomic E-state index is 0.225. The van der Waals surface area contributed by atoms with Crippen LogP contribution in [0.2, 0.25) is 5.02 Å². The number of nitrogens with zero attached hydrogens (tertiary/aromatic N) is 2. The van der Waals surface area contributed by atoms with E-state index >= 15 is 0 Å². The van der Waals surface area contributed by atoms with Crippen molar-refractivity contribution in [3.05, 3.63) is 28.8 Å². The Morgan fingerprint density at radius 2 is 2.00 bits per heavy atom. The van der Waals surface area contributed by atoms with Gasteiger partial charge in [0.2, 0.25) is 5.91 Å². The number of anilines is 1. The molecule has 0 unspecified atom stereocenters. The highest BCUT2D eigenvalue weighted by atomic mass is 35.5. The van der Waals surface area contributed by atoms with Crippen LogP contribution in [0.1, 0.15) is 18.4 Å². The Balaban J connectivity index is 1.48. The number of benzene rings is 1. The molecule has 1 aliphatic heterocycles. The summed E-state index contributed by atoms with van der Waals surface area (Å²) in [4.78, 5) is 16.5. The van der Waals surface area contributed by atoms with E-state index in [0.29, 0.717) is 6.54 Å². The monoisotopic (exact) mass is 321 g/mol. The van der Waals surface area contributed by atoms with Crippen molar-refractivity contribution < 1.29 is 4.79 Å². The fourth-order valence-corrected chi connectivity index (χ4v) is 3.10. The first-order chi connectivity index (χ1) is 10.6. The number of carbonyl (C=O) groups excluding carboxylic acids is 1. The molecule has 4 nitrogen and oxygen atoms in total. The Kier molecular flexibility index (Phi) is 4.89. The highest BCUT2D eigenvalue weighted by molar-refractivity contribution is 6.30. The van der Waals surface area contributed by atoms with Gasteiger partial charge in [-0.2, -0.15) is 0 Å². The largest absolute Gasteiger partial charge is 0.368 e. The first kappa shape index (κ1) is 15.6. The van der Waals surface area contributed by atoms with E-state index in [9.17, 15) is 4.79 Å². The molecule has 1 heterocycles. The summed E-state index contributed by atoms with van der Waals surface area (Å²) < 4.78 is 0. The Labute approximate surface area is 137 Å². The molecule has 2 aliphatic rings. The summed E-state index contributed by atoms with van der Waals surface area (Å²) in [5.41, 5.74) is 2.42. The van der Waals surface area contributed by atoms with Crippen molar-refractivity contribution in [2.75, 3.05) is 44.2 Å². The molecule has 2 fully saturated rings. The minimum Gasteiger partial charge on any atom is -0.368 e. The third-order valence-corrected chi connectivity index (χ3v) is 4.79. The predicted octanol–water partition coefficient (Wildman–Crippen LogP) is 2.30. The van der Waals surface area contributed by atoms with Crippen LogP contribution in [-0.2, 0) is 4.79 Å². The van der Waals surface area contributed by atoms with Gasteiger partial charge in [0.05, 0.1) is 6.54 Å². The molecule has 1 amide bonds. The van der Waals surface area contributed by atoms with Gasteiger partial charge in [-0.05, 0) is 49.9 Å². The van der Waals surface area contributed by atoms with E-state index < -0.39 is 0 Å². The van der Waals surface area contributed by atoms with Crippen molar-refractivity contribution in [3.63, 3.8) is 0 Å². The molecular weight excluding hydrogens is 298 g/mol. The molecule has 0 atom stereocenters. The van der Waals surface area contributed by atoms with Gasteiger partial charge in [-0.25, -0.2) is 0 Å². The van der Waals surface area contributed by atoms with Crippen LogP contribution in [0, 0.1) is 12.8 Å². The lowest BCUT2D eigenvalue weighted by Gasteiger charge is -2.37. The third kappa shape index (κ3) is 3.93. The third-order valence-electron chi connectivity index (χ3n) is 4.55. The summed E-state index contributed by atoms with van der Waals surface area (Å²) >= 11 is 6.10. The fraction of sp³-hybridized carbons (Fsp3) is 0.588. The molecule has 1 saturated carbocycles. The fourth-order valence-electron chi connectivity index (χ4n) is 2.94. The molecule has 3 rings (SSSR count). The first-order valence-corrected chi connectivity index (χ1v) is 8.51. The molecule has 0 bridgehead atoms. The van der Waals surface area contributed by atoms with Crippen molar-refractivity contribution in [2.24, 2.45) is 5.92 Å². The number of hydrogen-bond donors (Lipinski definition) is 1. The van der Waals surface area contributed by atoms with Crippen LogP contribution >= 0.6 is 11.6 Å². The van der Waals surface area contributed by atoms with Crippen LogP contribution in [0.5, 0.6) is 0 Å². The van der Waals surface area contributed by atoms with Gasteiger partial charge in [0.1, 0.15) is 0 Å². The zero-order valence-corrected chi connectivity index (χ0v) is 13.9. The summed E-state index contributed by atoms with van der Waals surface area (Å²) in [6.07, 6.45) is 2.64. The van der Waals surface area contributed by atoms with Gasteiger partial charge in [-0.3, -0.25) is 4.79 Å². The number of carbonyl (C=O) groups is 1. The summed E-state index contributed by atoms with van der Waals surface area (Å²) in [6.45, 7) is 6.89. The molecule has 0 aromatic heterocycles. The number of rotatable bonds is 5. The lowest BCUT2D eigenvalue weighted by molar-refractivity contribution is -0.130. The van der Waals surface area contributed by atoms with Gasteiger partial charge in [-0.15, -0.1) is 0 Å². The van der Waals surface area contributed by atoms with Crippen molar-refractivity contribution in [1.29, 1.82) is 0 Å². The van der Waals surface area contributed by atoms with Gasteiger partial charge >= 0.3 is 0 Å². The number of nitrogens with one attached hydrogen (secondary N) is 1. The predicted molar refractivity (Wildman–Crippen MR) is 90.6 cm³/mol. The average molecular weight is 322 g/mol. The first-order valence-electron chi connectivity index (χ1n) is 8.13. The summed E-state index contributed by atoms with van der Waals surface area (Å²) in [7, 11) is 0. The number of halogens is 1. The molecule has 1 aliphatic carbocycles. The maximum Gasteiger partial charge on any atom is 0.236 e. The van der Waals surface area contributed by atoms with Gasteiger partial charge in [0.25, 0.3) is 0 Å². The Bertz CT molecular complexity index is 537. The Hall–Kier alpha value is -1.26. The molecule has 1 aromatic carbocycles. The van der Waals surface area contributed by atoms with Gasteiger partial charge in [0, 0.05) is 36.9 Å². The van der Waals surface area contributed by atoms with E-state index in [1.165, 1.54) is 24.1 Å². The van der Waals surface area contributed by atoms with E-state index in [-0.39, 0.29) is 5.91 Å². The van der Waals surface area contributed by atoms with E-state index in [2.05, 4.69) is 23.2 Å². The Morgan fingerprint density at radius 3 is 2.68 bits per heavy atom. The van der Waals surface area contributed by atoms with Crippen molar-refractivity contribution in [2.45, 2.75) is 19.8 Å². The maximum atomic E-state index is 12.2. The summed E-state index contributed by atoms with van der Waals surface area (Å²) in [5, 5.41) is 4.05. The van der Waals surface area contributed by atoms with Gasteiger partial charge in [0.15, 0.2) is 0 Å². The highest BCUT2D eigenvalue weighted by Gasteiger charge is 2.24. The quantitative estimate of drug-likeness (QED) is 0.904. The van der Waals surface area contributed by atoms with Gasteiger partial charge in [-0.1, -0.05) is 17.7 Å². The van der Waals surface area contributed by atoms with Crippen molar-refractivity contribution in [3.8, 4) is 0 Å². The lowest BCUT2D eigenvalue weighted by atomic mass is 10.1. The van der Waals surface area contributed by atoms with Gasteiger partial charge < -0.3 is 15.1 Å². The maximum absolute atomic E-state index is 12.2. The second-order valence-electron chi connectivity index (χ2n) is 6.37. The topological polar surface area (TPSA) is 35.6 Å². The number of piperazine rings is 1. The average Bonchev–Trinajstić information content (AvgIpc) is 3.34. The molecular formula is C17H24ClN3O. The van der Waals surface area contributed by atoms with Crippen LogP contribution in [-0.4, -0.2) is 50.1 Å². The zero-order chi connectivity index (χ0) is 15.5. The highest BCUT2D eigenvalue weighted by Crippen LogP contribution is 2.27. The number of aryl methyl sites for hydroxylation is 1. The molecule has 120 valence electrons. The molecule has 22 heavy (non-hydrogen) atoms. The normalized spacial score (nSPS) is 18.6. The van der Waals surface area contributed by atoms with Crippen LogP contribution < -0.4 is 10.2 Å². The molecule has 0 radical (unpaired) electrons. The van der Waals surface area contributed by atoms with Crippen molar-refractivity contribution >= 4 is 23.2 Å². The second kappa shape index (κ2) is 6.88. The molecule has 1 N–H and O–H groups in total. The van der Waals surface area contributed by atoms with Crippen molar-refractivity contribution in [1.82, 2.24) is 10.2 Å². The summed E-state index contributed by atoms with van der Waals surface area (Å²) in [6, 6.07) is 5.99. The number of hydrogen-bond acceptors (Lipinski definition) is 3. The molecule has 0 spiro atoms. The molecule has 1 aromatic rings. The minimum atomic E-state index is 0.225. The van der Waals surface area contributed by atoms with E-state index in [1.807, 2.05) is 17.0 Å². The number of amides is 1. The zero-order valence-electron chi connectivity index (χ0n) is 13.1. The summed E-state index contributed by atoms with van der Waals surface area (Å²) in [5.74, 6) is 1.04. The van der Waals surface area contributed by atoms with E-state index in [1.54, 1.807) is 0 Å². The van der Waals surface area contributed by atoms with Crippen LogP contribution in [0.25, 0.3) is 0 Å². The van der Waals surface area contributed by atoms with Crippen LogP contribution in [0.4, 0.5) is 5.69 Å². The molecule has 1 saturated heterocycles. The van der Waals surface area contributed by atoms with Crippen LogP contribution in [0.15, 0.2) is 18.2 Å². The van der Waals surface area contributed by atoms with E-state index in [4.69, 9.17) is 11.6 Å². The SMILES string of the molecule is Cc1ccc(Cl)cc1N1CCN(C(=O)CNCC2CC2)CC1. The smallest absolute Gasteiger partial charge is 0.236 e.